The number of carbonyl (C=O) groups excluding carboxylic acids is 2. The lowest BCUT2D eigenvalue weighted by molar-refractivity contribution is -0.123. The Balaban J connectivity index is 4.12. The zero-order valence-electron chi connectivity index (χ0n) is 11.2. The van der Waals surface area contributed by atoms with Crippen molar-refractivity contribution in [1.29, 1.82) is 0 Å². The monoisotopic (exact) mass is 245 g/mol. The number of hydrogen-bond acceptors (Lipinski definition) is 4. The van der Waals surface area contributed by atoms with Crippen LogP contribution in [0.25, 0.3) is 0 Å². The minimum Gasteiger partial charge on any atom is -0.444 e. The molecule has 0 saturated heterocycles. The van der Waals surface area contributed by atoms with Gasteiger partial charge in [0, 0.05) is 0 Å². The number of carbonyl (C=O) groups is 2. The van der Waals surface area contributed by atoms with Crippen LogP contribution in [0.15, 0.2) is 0 Å². The van der Waals surface area contributed by atoms with E-state index >= 15 is 0 Å². The Kier molecular flexibility index (Phi) is 5.95. The minimum absolute atomic E-state index is 0.329. The van der Waals surface area contributed by atoms with E-state index in [0.717, 1.165) is 0 Å². The van der Waals surface area contributed by atoms with Crippen LogP contribution < -0.4 is 16.4 Å². The second kappa shape index (κ2) is 6.44. The summed E-state index contributed by atoms with van der Waals surface area (Å²) in [4.78, 5) is 22.9. The van der Waals surface area contributed by atoms with Crippen molar-refractivity contribution in [3.05, 3.63) is 0 Å². The third kappa shape index (κ3) is 7.57. The minimum atomic E-state index is -0.678. The van der Waals surface area contributed by atoms with Crippen molar-refractivity contribution in [2.45, 2.75) is 58.8 Å². The molecule has 6 heteroatoms. The van der Waals surface area contributed by atoms with Crippen LogP contribution in [0.3, 0.4) is 0 Å². The molecule has 0 heterocycles. The first kappa shape index (κ1) is 15.7. The largest absolute Gasteiger partial charge is 0.444 e. The van der Waals surface area contributed by atoms with Crippen molar-refractivity contribution >= 4 is 12.0 Å². The van der Waals surface area contributed by atoms with Crippen molar-refractivity contribution in [2.75, 3.05) is 0 Å². The van der Waals surface area contributed by atoms with E-state index in [0.29, 0.717) is 6.42 Å². The second-order valence-corrected chi connectivity index (χ2v) is 4.89. The maximum absolute atomic E-state index is 11.6. The van der Waals surface area contributed by atoms with Gasteiger partial charge in [0.2, 0.25) is 5.91 Å². The van der Waals surface area contributed by atoms with Gasteiger partial charge in [-0.1, -0.05) is 6.92 Å². The molecule has 4 N–H and O–H groups in total. The summed E-state index contributed by atoms with van der Waals surface area (Å²) in [5, 5.41) is 5.00. The van der Waals surface area contributed by atoms with Gasteiger partial charge in [-0.2, -0.15) is 0 Å². The Morgan fingerprint density at radius 3 is 2.24 bits per heavy atom. The Bertz CT molecular complexity index is 274. The second-order valence-electron chi connectivity index (χ2n) is 4.89. The van der Waals surface area contributed by atoms with E-state index in [9.17, 15) is 9.59 Å². The summed E-state index contributed by atoms with van der Waals surface area (Å²) >= 11 is 0. The first-order valence-electron chi connectivity index (χ1n) is 5.71. The smallest absolute Gasteiger partial charge is 0.408 e. The Labute approximate surface area is 102 Å². The topological polar surface area (TPSA) is 93.5 Å². The van der Waals surface area contributed by atoms with E-state index in [1.165, 1.54) is 0 Å². The fraction of sp³-hybridized carbons (Fsp3) is 0.818. The first-order valence-corrected chi connectivity index (χ1v) is 5.71. The van der Waals surface area contributed by atoms with Gasteiger partial charge in [0.05, 0.1) is 6.17 Å². The van der Waals surface area contributed by atoms with Crippen LogP contribution in [-0.4, -0.2) is 29.8 Å². The summed E-state index contributed by atoms with van der Waals surface area (Å²) in [6.07, 6.45) is -0.388. The molecule has 0 fully saturated rings. The van der Waals surface area contributed by atoms with Crippen molar-refractivity contribution in [2.24, 2.45) is 5.73 Å². The Morgan fingerprint density at radius 2 is 1.82 bits per heavy atom. The van der Waals surface area contributed by atoms with Gasteiger partial charge in [0.1, 0.15) is 11.6 Å². The zero-order valence-corrected chi connectivity index (χ0v) is 11.2. The first-order chi connectivity index (χ1) is 7.65. The normalized spacial score (nSPS) is 14.7. The lowest BCUT2D eigenvalue weighted by atomic mass is 10.2. The summed E-state index contributed by atoms with van der Waals surface area (Å²) in [7, 11) is 0. The number of alkyl carbamates (subject to hydrolysis) is 1. The van der Waals surface area contributed by atoms with Gasteiger partial charge < -0.3 is 21.1 Å². The number of hydrogen-bond donors (Lipinski definition) is 3. The third-order valence-electron chi connectivity index (χ3n) is 1.89. The molecule has 100 valence electrons. The van der Waals surface area contributed by atoms with Gasteiger partial charge in [0.15, 0.2) is 0 Å². The highest BCUT2D eigenvalue weighted by Crippen LogP contribution is 2.06. The van der Waals surface area contributed by atoms with Crippen molar-refractivity contribution in [3.63, 3.8) is 0 Å². The number of rotatable bonds is 4. The molecule has 0 bridgehead atoms. The summed E-state index contributed by atoms with van der Waals surface area (Å²) in [5.41, 5.74) is 4.99. The molecule has 0 spiro atoms. The van der Waals surface area contributed by atoms with Crippen LogP contribution >= 0.6 is 0 Å². The number of amides is 2. The molecule has 0 saturated carbocycles. The van der Waals surface area contributed by atoms with Crippen LogP contribution in [0.5, 0.6) is 0 Å². The van der Waals surface area contributed by atoms with Gasteiger partial charge in [-0.25, -0.2) is 4.79 Å². The maximum Gasteiger partial charge on any atom is 0.408 e. The molecule has 0 aliphatic rings. The van der Waals surface area contributed by atoms with E-state index in [1.54, 1.807) is 27.7 Å². The molecule has 0 aromatic heterocycles. The molecule has 0 aromatic rings. The van der Waals surface area contributed by atoms with E-state index < -0.39 is 23.9 Å². The van der Waals surface area contributed by atoms with Crippen molar-refractivity contribution in [3.8, 4) is 0 Å². The molecule has 0 radical (unpaired) electrons. The van der Waals surface area contributed by atoms with Crippen molar-refractivity contribution in [1.82, 2.24) is 10.6 Å². The molecular weight excluding hydrogens is 222 g/mol. The van der Waals surface area contributed by atoms with Crippen LogP contribution in [-0.2, 0) is 9.53 Å². The zero-order chi connectivity index (χ0) is 13.6. The van der Waals surface area contributed by atoms with Crippen LogP contribution in [0.4, 0.5) is 4.79 Å². The molecule has 2 atom stereocenters. The van der Waals surface area contributed by atoms with E-state index in [4.69, 9.17) is 10.5 Å². The highest BCUT2D eigenvalue weighted by Gasteiger charge is 2.21. The van der Waals surface area contributed by atoms with E-state index in [2.05, 4.69) is 10.6 Å². The number of ether oxygens (including phenoxy) is 1. The highest BCUT2D eigenvalue weighted by atomic mass is 16.6. The van der Waals surface area contributed by atoms with Crippen LogP contribution in [0, 0.1) is 0 Å². The molecule has 0 unspecified atom stereocenters. The standard InChI is InChI=1S/C11H23N3O3/c1-6-8(12)14-9(15)7(2)13-10(16)17-11(3,4)5/h7-8H,6,12H2,1-5H3,(H,13,16)(H,14,15)/t7-,8-/m0/s1. The van der Waals surface area contributed by atoms with Gasteiger partial charge >= 0.3 is 6.09 Å². The van der Waals surface area contributed by atoms with E-state index in [1.807, 2.05) is 6.92 Å². The number of nitrogens with one attached hydrogen (secondary N) is 2. The summed E-state index contributed by atoms with van der Waals surface area (Å²) in [6, 6.07) is -0.678. The molecule has 0 aliphatic carbocycles. The molecule has 0 aliphatic heterocycles. The lowest BCUT2D eigenvalue weighted by Gasteiger charge is -2.22. The predicted molar refractivity (Wildman–Crippen MR) is 65.2 cm³/mol. The molecular formula is C11H23N3O3. The molecule has 17 heavy (non-hydrogen) atoms. The average molecular weight is 245 g/mol. The molecule has 6 nitrogen and oxygen atoms in total. The highest BCUT2D eigenvalue weighted by molar-refractivity contribution is 5.85. The lowest BCUT2D eigenvalue weighted by Crippen LogP contribution is -2.51. The summed E-state index contributed by atoms with van der Waals surface area (Å²) < 4.78 is 5.03. The van der Waals surface area contributed by atoms with Gasteiger partial charge in [0.25, 0.3) is 0 Å². The SMILES string of the molecule is CC[C@@H](N)NC(=O)[C@H](C)NC(=O)OC(C)(C)C. The fourth-order valence-electron chi connectivity index (χ4n) is 0.960. The summed E-state index contributed by atoms with van der Waals surface area (Å²) in [6.45, 7) is 8.69. The third-order valence-corrected chi connectivity index (χ3v) is 1.89. The van der Waals surface area contributed by atoms with Crippen LogP contribution in [0.2, 0.25) is 0 Å². The average Bonchev–Trinajstić information content (AvgIpc) is 2.14. The fourth-order valence-corrected chi connectivity index (χ4v) is 0.960. The van der Waals surface area contributed by atoms with E-state index in [-0.39, 0.29) is 5.91 Å². The Morgan fingerprint density at radius 1 is 1.29 bits per heavy atom. The summed E-state index contributed by atoms with van der Waals surface area (Å²) in [5.74, 6) is -0.329. The van der Waals surface area contributed by atoms with Gasteiger partial charge in [-0.3, -0.25) is 4.79 Å². The Hall–Kier alpha value is -1.30. The quantitative estimate of drug-likeness (QED) is 0.636. The maximum atomic E-state index is 11.6. The number of nitrogens with two attached hydrogens (primary N) is 1. The molecule has 0 aromatic carbocycles. The van der Waals surface area contributed by atoms with Gasteiger partial charge in [-0.15, -0.1) is 0 Å². The molecule has 2 amide bonds. The van der Waals surface area contributed by atoms with Gasteiger partial charge in [-0.05, 0) is 34.1 Å². The van der Waals surface area contributed by atoms with Crippen LogP contribution in [0.1, 0.15) is 41.0 Å². The predicted octanol–water partition coefficient (Wildman–Crippen LogP) is 0.711. The van der Waals surface area contributed by atoms with Crippen molar-refractivity contribution < 1.29 is 14.3 Å². The molecule has 0 rings (SSSR count).